The SMILES string of the molecule is COC(=O)C1=COC(OC(=O)NCCc2cccc(F)c2)C2C(C)=CCC12. The highest BCUT2D eigenvalue weighted by Gasteiger charge is 2.44. The van der Waals surface area contributed by atoms with Crippen LogP contribution in [0.4, 0.5) is 9.18 Å². The Labute approximate surface area is 157 Å². The van der Waals surface area contributed by atoms with E-state index >= 15 is 0 Å². The van der Waals surface area contributed by atoms with Crippen molar-refractivity contribution in [3.8, 4) is 0 Å². The lowest BCUT2D eigenvalue weighted by atomic mass is 9.84. The van der Waals surface area contributed by atoms with E-state index in [1.165, 1.54) is 25.5 Å². The van der Waals surface area contributed by atoms with Gasteiger partial charge in [-0.05, 0) is 37.5 Å². The van der Waals surface area contributed by atoms with Gasteiger partial charge >= 0.3 is 12.1 Å². The average molecular weight is 375 g/mol. The molecule has 1 amide bonds. The first-order chi connectivity index (χ1) is 13.0. The lowest BCUT2D eigenvalue weighted by molar-refractivity contribution is -0.141. The van der Waals surface area contributed by atoms with Crippen LogP contribution in [0.5, 0.6) is 0 Å². The van der Waals surface area contributed by atoms with Crippen molar-refractivity contribution in [1.29, 1.82) is 0 Å². The van der Waals surface area contributed by atoms with Gasteiger partial charge in [-0.25, -0.2) is 14.0 Å². The fourth-order valence-electron chi connectivity index (χ4n) is 3.52. The van der Waals surface area contributed by atoms with Crippen molar-refractivity contribution in [2.24, 2.45) is 11.8 Å². The number of carbonyl (C=O) groups is 2. The van der Waals surface area contributed by atoms with Gasteiger partial charge in [-0.1, -0.05) is 23.8 Å². The van der Waals surface area contributed by atoms with Crippen LogP contribution in [-0.4, -0.2) is 32.0 Å². The lowest BCUT2D eigenvalue weighted by Gasteiger charge is -2.33. The molecule has 3 atom stereocenters. The number of nitrogens with one attached hydrogen (secondary N) is 1. The third-order valence-electron chi connectivity index (χ3n) is 4.89. The molecular formula is C20H22FNO5. The van der Waals surface area contributed by atoms with Crippen molar-refractivity contribution >= 4 is 12.1 Å². The Kier molecular flexibility index (Phi) is 5.78. The van der Waals surface area contributed by atoms with Gasteiger partial charge in [0, 0.05) is 12.5 Å². The Morgan fingerprint density at radius 2 is 2.19 bits per heavy atom. The largest absolute Gasteiger partial charge is 0.466 e. The van der Waals surface area contributed by atoms with Crippen LogP contribution in [0.1, 0.15) is 18.9 Å². The van der Waals surface area contributed by atoms with Gasteiger partial charge in [0.25, 0.3) is 6.29 Å². The van der Waals surface area contributed by atoms with Crippen molar-refractivity contribution in [2.75, 3.05) is 13.7 Å². The van der Waals surface area contributed by atoms with E-state index in [2.05, 4.69) is 5.32 Å². The molecule has 6 nitrogen and oxygen atoms in total. The summed E-state index contributed by atoms with van der Waals surface area (Å²) < 4.78 is 28.9. The minimum Gasteiger partial charge on any atom is -0.466 e. The second-order valence-electron chi connectivity index (χ2n) is 6.60. The van der Waals surface area contributed by atoms with Crippen LogP contribution in [0.2, 0.25) is 0 Å². The summed E-state index contributed by atoms with van der Waals surface area (Å²) >= 11 is 0. The molecule has 0 radical (unpaired) electrons. The van der Waals surface area contributed by atoms with E-state index in [0.717, 1.165) is 11.1 Å². The summed E-state index contributed by atoms with van der Waals surface area (Å²) in [6.45, 7) is 2.23. The van der Waals surface area contributed by atoms with E-state index in [4.69, 9.17) is 14.2 Å². The molecule has 0 bridgehead atoms. The van der Waals surface area contributed by atoms with Crippen LogP contribution < -0.4 is 5.32 Å². The number of alkyl carbamates (subject to hydrolysis) is 1. The summed E-state index contributed by atoms with van der Waals surface area (Å²) in [6.07, 6.45) is 3.06. The molecule has 3 unspecified atom stereocenters. The van der Waals surface area contributed by atoms with Gasteiger partial charge < -0.3 is 19.5 Å². The highest BCUT2D eigenvalue weighted by atomic mass is 19.1. The van der Waals surface area contributed by atoms with Crippen LogP contribution in [-0.2, 0) is 25.4 Å². The number of halogens is 1. The minimum atomic E-state index is -0.809. The summed E-state index contributed by atoms with van der Waals surface area (Å²) in [6, 6.07) is 6.21. The van der Waals surface area contributed by atoms with E-state index in [1.807, 2.05) is 13.0 Å². The molecule has 7 heteroatoms. The molecule has 27 heavy (non-hydrogen) atoms. The molecule has 1 heterocycles. The summed E-state index contributed by atoms with van der Waals surface area (Å²) in [5.74, 6) is -1.10. The number of fused-ring (bicyclic) bond motifs is 1. The third-order valence-corrected chi connectivity index (χ3v) is 4.89. The Morgan fingerprint density at radius 1 is 1.37 bits per heavy atom. The molecule has 2 aliphatic rings. The van der Waals surface area contributed by atoms with E-state index in [9.17, 15) is 14.0 Å². The monoisotopic (exact) mass is 375 g/mol. The third kappa shape index (κ3) is 4.30. The molecule has 0 saturated heterocycles. The van der Waals surface area contributed by atoms with E-state index < -0.39 is 18.4 Å². The number of hydrogen-bond donors (Lipinski definition) is 1. The quantitative estimate of drug-likeness (QED) is 0.632. The molecule has 1 aromatic carbocycles. The van der Waals surface area contributed by atoms with Gasteiger partial charge in [0.1, 0.15) is 5.82 Å². The van der Waals surface area contributed by atoms with Gasteiger partial charge in [-0.3, -0.25) is 0 Å². The number of benzene rings is 1. The molecule has 1 aliphatic carbocycles. The summed E-state index contributed by atoms with van der Waals surface area (Å²) in [5, 5.41) is 2.64. The Morgan fingerprint density at radius 3 is 2.93 bits per heavy atom. The first-order valence-corrected chi connectivity index (χ1v) is 8.79. The van der Waals surface area contributed by atoms with Crippen LogP contribution in [0.15, 0.2) is 47.7 Å². The molecule has 144 valence electrons. The Hall–Kier alpha value is -2.83. The van der Waals surface area contributed by atoms with Crippen molar-refractivity contribution < 1.29 is 28.2 Å². The number of hydrogen-bond acceptors (Lipinski definition) is 5. The predicted octanol–water partition coefficient (Wildman–Crippen LogP) is 3.09. The smallest absolute Gasteiger partial charge is 0.410 e. The summed E-state index contributed by atoms with van der Waals surface area (Å²) in [5.41, 5.74) is 2.23. The van der Waals surface area contributed by atoms with Gasteiger partial charge in [0.2, 0.25) is 0 Å². The molecule has 0 spiro atoms. The number of allylic oxidation sites excluding steroid dienone is 1. The molecule has 0 fully saturated rings. The molecule has 1 aliphatic heterocycles. The number of ether oxygens (including phenoxy) is 3. The van der Waals surface area contributed by atoms with Gasteiger partial charge in [0.15, 0.2) is 0 Å². The number of amides is 1. The fourth-order valence-corrected chi connectivity index (χ4v) is 3.52. The van der Waals surface area contributed by atoms with Crippen molar-refractivity contribution in [3.05, 3.63) is 59.1 Å². The van der Waals surface area contributed by atoms with Crippen molar-refractivity contribution in [2.45, 2.75) is 26.1 Å². The average Bonchev–Trinajstić information content (AvgIpc) is 3.04. The normalized spacial score (nSPS) is 23.4. The minimum absolute atomic E-state index is 0.128. The lowest BCUT2D eigenvalue weighted by Crippen LogP contribution is -2.40. The van der Waals surface area contributed by atoms with E-state index in [-0.39, 0.29) is 17.7 Å². The molecule has 3 rings (SSSR count). The predicted molar refractivity (Wildman–Crippen MR) is 94.9 cm³/mol. The first-order valence-electron chi connectivity index (χ1n) is 8.79. The zero-order valence-corrected chi connectivity index (χ0v) is 15.2. The highest BCUT2D eigenvalue weighted by Crippen LogP contribution is 2.43. The highest BCUT2D eigenvalue weighted by molar-refractivity contribution is 5.89. The fraction of sp³-hybridized carbons (Fsp3) is 0.400. The number of methoxy groups -OCH3 is 1. The summed E-state index contributed by atoms with van der Waals surface area (Å²) in [7, 11) is 1.32. The number of rotatable bonds is 5. The van der Waals surface area contributed by atoms with Crippen molar-refractivity contribution in [1.82, 2.24) is 5.32 Å². The standard InChI is InChI=1S/C20H22FNO5/c1-12-6-7-15-16(18(23)25-2)11-26-19(17(12)15)27-20(24)22-9-8-13-4-3-5-14(21)10-13/h3-6,10-11,15,17,19H,7-9H2,1-2H3,(H,22,24). The second kappa shape index (κ2) is 8.24. The van der Waals surface area contributed by atoms with Crippen LogP contribution in [0.3, 0.4) is 0 Å². The zero-order chi connectivity index (χ0) is 19.4. The Bertz CT molecular complexity index is 788. The maximum Gasteiger partial charge on any atom is 0.410 e. The summed E-state index contributed by atoms with van der Waals surface area (Å²) in [4.78, 5) is 24.0. The molecule has 1 N–H and O–H groups in total. The molecule has 1 aromatic rings. The Balaban J connectivity index is 1.56. The zero-order valence-electron chi connectivity index (χ0n) is 15.2. The topological polar surface area (TPSA) is 73.9 Å². The van der Waals surface area contributed by atoms with Crippen LogP contribution in [0.25, 0.3) is 0 Å². The van der Waals surface area contributed by atoms with E-state index in [1.54, 1.807) is 12.1 Å². The van der Waals surface area contributed by atoms with Crippen LogP contribution in [0, 0.1) is 17.7 Å². The van der Waals surface area contributed by atoms with Crippen molar-refractivity contribution in [3.63, 3.8) is 0 Å². The maximum absolute atomic E-state index is 13.2. The second-order valence-corrected chi connectivity index (χ2v) is 6.60. The first kappa shape index (κ1) is 18.9. The number of esters is 1. The molecule has 0 aromatic heterocycles. The van der Waals surface area contributed by atoms with Gasteiger partial charge in [-0.2, -0.15) is 0 Å². The molecular weight excluding hydrogens is 353 g/mol. The molecule has 0 saturated carbocycles. The van der Waals surface area contributed by atoms with E-state index in [0.29, 0.717) is 25.0 Å². The van der Waals surface area contributed by atoms with Crippen LogP contribution >= 0.6 is 0 Å². The van der Waals surface area contributed by atoms with Gasteiger partial charge in [0.05, 0.1) is 24.9 Å². The number of carbonyl (C=O) groups excluding carboxylic acids is 2. The van der Waals surface area contributed by atoms with Gasteiger partial charge in [-0.15, -0.1) is 0 Å². The maximum atomic E-state index is 13.2.